The SMILES string of the molecule is CN/N=C(\N)c1cc(Cl)c(C(=O)N2COc3c(cccc3-c3cc(N4C5CCC4COC5)c(C(=O)O)cc3F)C2)c(Cl)c1. The summed E-state index contributed by atoms with van der Waals surface area (Å²) in [4.78, 5) is 29.2. The van der Waals surface area contributed by atoms with E-state index in [1.807, 2.05) is 0 Å². The van der Waals surface area contributed by atoms with E-state index in [-0.39, 0.29) is 57.9 Å². The van der Waals surface area contributed by atoms with Gasteiger partial charge in [0.15, 0.2) is 12.6 Å². The molecule has 43 heavy (non-hydrogen) atoms. The molecule has 3 aliphatic rings. The third-order valence-corrected chi connectivity index (χ3v) is 8.61. The quantitative estimate of drug-likeness (QED) is 0.204. The number of hydrazone groups is 1. The number of halogens is 3. The van der Waals surface area contributed by atoms with Gasteiger partial charge in [-0.25, -0.2) is 9.18 Å². The minimum atomic E-state index is -1.20. The summed E-state index contributed by atoms with van der Waals surface area (Å²) in [5, 5.41) is 14.0. The summed E-state index contributed by atoms with van der Waals surface area (Å²) in [6.07, 6.45) is 1.75. The normalized spacial score (nSPS) is 19.6. The van der Waals surface area contributed by atoms with Gasteiger partial charge in [0, 0.05) is 29.3 Å². The molecule has 0 aromatic heterocycles. The number of para-hydroxylation sites is 1. The fourth-order valence-electron chi connectivity index (χ4n) is 6.06. The number of amidine groups is 1. The Kier molecular flexibility index (Phi) is 7.80. The first-order valence-corrected chi connectivity index (χ1v) is 14.4. The largest absolute Gasteiger partial charge is 0.478 e. The minimum Gasteiger partial charge on any atom is -0.478 e. The molecule has 3 heterocycles. The molecular weight excluding hydrogens is 600 g/mol. The average Bonchev–Trinajstić information content (AvgIpc) is 3.23. The summed E-state index contributed by atoms with van der Waals surface area (Å²) in [6, 6.07) is 11.0. The zero-order valence-corrected chi connectivity index (χ0v) is 24.6. The molecule has 2 unspecified atom stereocenters. The molecule has 6 rings (SSSR count). The van der Waals surface area contributed by atoms with Gasteiger partial charge in [-0.05, 0) is 37.1 Å². The number of nitrogens with zero attached hydrogens (tertiary/aromatic N) is 3. The number of hydrogen-bond donors (Lipinski definition) is 3. The first-order valence-electron chi connectivity index (χ1n) is 13.6. The van der Waals surface area contributed by atoms with Crippen molar-refractivity contribution in [2.75, 3.05) is 31.9 Å². The van der Waals surface area contributed by atoms with Crippen molar-refractivity contribution < 1.29 is 28.6 Å². The van der Waals surface area contributed by atoms with E-state index in [1.165, 1.54) is 17.0 Å². The Balaban J connectivity index is 1.33. The van der Waals surface area contributed by atoms with Gasteiger partial charge in [0.05, 0.1) is 58.7 Å². The molecule has 1 amide bonds. The van der Waals surface area contributed by atoms with Crippen LogP contribution in [0.2, 0.25) is 10.0 Å². The number of morpholine rings is 1. The van der Waals surface area contributed by atoms with Crippen molar-refractivity contribution in [1.29, 1.82) is 0 Å². The summed E-state index contributed by atoms with van der Waals surface area (Å²) in [7, 11) is 1.60. The number of ether oxygens (including phenoxy) is 2. The summed E-state index contributed by atoms with van der Waals surface area (Å²) in [5.41, 5.74) is 10.7. The number of aromatic carboxylic acids is 1. The lowest BCUT2D eigenvalue weighted by atomic mass is 9.96. The molecule has 0 saturated carbocycles. The van der Waals surface area contributed by atoms with Crippen molar-refractivity contribution in [3.63, 3.8) is 0 Å². The number of fused-ring (bicyclic) bond motifs is 3. The summed E-state index contributed by atoms with van der Waals surface area (Å²) in [6.45, 7) is 0.984. The third-order valence-electron chi connectivity index (χ3n) is 8.02. The number of carboxylic acids is 1. The van der Waals surface area contributed by atoms with Gasteiger partial charge in [-0.15, -0.1) is 0 Å². The average molecular weight is 628 g/mol. The van der Waals surface area contributed by atoms with Crippen LogP contribution < -0.4 is 20.8 Å². The van der Waals surface area contributed by atoms with Crippen LogP contribution in [0.4, 0.5) is 10.1 Å². The van der Waals surface area contributed by atoms with E-state index in [2.05, 4.69) is 15.4 Å². The van der Waals surface area contributed by atoms with Crippen LogP contribution in [0, 0.1) is 5.82 Å². The van der Waals surface area contributed by atoms with Crippen molar-refractivity contribution in [3.8, 4) is 16.9 Å². The molecule has 0 spiro atoms. The molecule has 13 heteroatoms. The highest BCUT2D eigenvalue weighted by Gasteiger charge is 2.40. The number of benzene rings is 3. The van der Waals surface area contributed by atoms with Gasteiger partial charge >= 0.3 is 5.97 Å². The fourth-order valence-corrected chi connectivity index (χ4v) is 6.71. The molecular formula is C30H28Cl2FN5O5. The van der Waals surface area contributed by atoms with E-state index in [1.54, 1.807) is 31.3 Å². The summed E-state index contributed by atoms with van der Waals surface area (Å²) in [5.74, 6) is -1.77. The highest BCUT2D eigenvalue weighted by atomic mass is 35.5. The van der Waals surface area contributed by atoms with E-state index < -0.39 is 17.7 Å². The Bertz CT molecular complexity index is 1630. The topological polar surface area (TPSA) is 130 Å². The van der Waals surface area contributed by atoms with Gasteiger partial charge in [-0.1, -0.05) is 41.4 Å². The Morgan fingerprint density at radius 2 is 1.79 bits per heavy atom. The molecule has 3 aromatic rings. The molecule has 2 atom stereocenters. The zero-order valence-electron chi connectivity index (χ0n) is 23.1. The standard InChI is InChI=1S/C30H28Cl2FN5O5/c1-35-36-28(34)16-7-22(31)26(23(32)8-16)29(39)37-11-15-3-2-4-19(27(15)43-14-37)20-10-25(21(30(40)41)9-24(20)33)38-17-5-6-18(38)13-42-12-17/h2-4,7-10,17-18,35H,5-6,11-14H2,1H3,(H2,34,36)(H,40,41). The van der Waals surface area contributed by atoms with Crippen LogP contribution in [0.3, 0.4) is 0 Å². The molecule has 2 saturated heterocycles. The Morgan fingerprint density at radius 1 is 1.09 bits per heavy atom. The van der Waals surface area contributed by atoms with Crippen LogP contribution in [-0.4, -0.2) is 66.8 Å². The Morgan fingerprint density at radius 3 is 2.44 bits per heavy atom. The van der Waals surface area contributed by atoms with Gasteiger partial charge in [-0.3, -0.25) is 4.79 Å². The maximum atomic E-state index is 15.6. The predicted molar refractivity (Wildman–Crippen MR) is 161 cm³/mol. The second-order valence-electron chi connectivity index (χ2n) is 10.6. The van der Waals surface area contributed by atoms with Crippen LogP contribution in [0.5, 0.6) is 5.75 Å². The molecule has 3 aromatic carbocycles. The molecule has 4 N–H and O–H groups in total. The maximum Gasteiger partial charge on any atom is 0.337 e. The van der Waals surface area contributed by atoms with E-state index in [4.69, 9.17) is 38.4 Å². The summed E-state index contributed by atoms with van der Waals surface area (Å²) < 4.78 is 27.3. The molecule has 2 fully saturated rings. The minimum absolute atomic E-state index is 0.0235. The lowest BCUT2D eigenvalue weighted by Crippen LogP contribution is -2.46. The molecule has 3 aliphatic heterocycles. The molecule has 10 nitrogen and oxygen atoms in total. The van der Waals surface area contributed by atoms with Crippen molar-refractivity contribution in [3.05, 3.63) is 80.6 Å². The van der Waals surface area contributed by atoms with Crippen LogP contribution in [0.25, 0.3) is 11.1 Å². The molecule has 0 radical (unpaired) electrons. The van der Waals surface area contributed by atoms with E-state index in [0.717, 1.165) is 18.9 Å². The number of anilines is 1. The highest BCUT2D eigenvalue weighted by Crippen LogP contribution is 2.43. The predicted octanol–water partition coefficient (Wildman–Crippen LogP) is 4.70. The van der Waals surface area contributed by atoms with E-state index >= 15 is 4.39 Å². The second-order valence-corrected chi connectivity index (χ2v) is 11.4. The molecule has 224 valence electrons. The number of hydrogen-bond acceptors (Lipinski definition) is 7. The number of carbonyl (C=O) groups is 2. The smallest absolute Gasteiger partial charge is 0.337 e. The number of amides is 1. The Hall–Kier alpha value is -4.06. The van der Waals surface area contributed by atoms with Gasteiger partial charge in [0.25, 0.3) is 5.91 Å². The second kappa shape index (κ2) is 11.6. The summed E-state index contributed by atoms with van der Waals surface area (Å²) >= 11 is 12.9. The first-order chi connectivity index (χ1) is 20.7. The number of rotatable bonds is 6. The Labute approximate surface area is 256 Å². The van der Waals surface area contributed by atoms with Crippen molar-refractivity contribution in [2.24, 2.45) is 10.8 Å². The monoisotopic (exact) mass is 627 g/mol. The third kappa shape index (κ3) is 5.21. The van der Waals surface area contributed by atoms with Gasteiger partial charge in [-0.2, -0.15) is 5.10 Å². The van der Waals surface area contributed by atoms with Crippen LogP contribution in [0.1, 0.15) is 44.7 Å². The first kappa shape index (κ1) is 29.0. The van der Waals surface area contributed by atoms with E-state index in [9.17, 15) is 14.7 Å². The maximum absolute atomic E-state index is 15.6. The lowest BCUT2D eigenvalue weighted by Gasteiger charge is -2.37. The van der Waals surface area contributed by atoms with Crippen LogP contribution in [0.15, 0.2) is 47.6 Å². The zero-order chi connectivity index (χ0) is 30.4. The highest BCUT2D eigenvalue weighted by molar-refractivity contribution is 6.40. The molecule has 2 bridgehead atoms. The van der Waals surface area contributed by atoms with Gasteiger partial charge in [0.2, 0.25) is 0 Å². The van der Waals surface area contributed by atoms with Crippen LogP contribution >= 0.6 is 23.2 Å². The number of nitrogens with two attached hydrogens (primary N) is 1. The number of carbonyl (C=O) groups excluding carboxylic acids is 1. The number of carboxylic acid groups (broad SMARTS) is 1. The van der Waals surface area contributed by atoms with E-state index in [0.29, 0.717) is 41.3 Å². The lowest BCUT2D eigenvalue weighted by molar-refractivity contribution is 0.0516. The van der Waals surface area contributed by atoms with Gasteiger partial charge in [0.1, 0.15) is 11.6 Å². The fraction of sp³-hybridized carbons (Fsp3) is 0.300. The van der Waals surface area contributed by atoms with Crippen molar-refractivity contribution >= 4 is 46.6 Å². The van der Waals surface area contributed by atoms with Crippen molar-refractivity contribution in [1.82, 2.24) is 10.3 Å². The van der Waals surface area contributed by atoms with Gasteiger partial charge < -0.3 is 35.5 Å². The van der Waals surface area contributed by atoms with Crippen LogP contribution in [-0.2, 0) is 11.3 Å². The number of nitrogens with one attached hydrogen (secondary N) is 1. The molecule has 0 aliphatic carbocycles. The van der Waals surface area contributed by atoms with Crippen molar-refractivity contribution in [2.45, 2.75) is 31.5 Å².